The number of benzene rings is 1. The third-order valence-corrected chi connectivity index (χ3v) is 5.74. The molecule has 0 bridgehead atoms. The zero-order valence-corrected chi connectivity index (χ0v) is 17.6. The second kappa shape index (κ2) is 8.83. The van der Waals surface area contributed by atoms with Gasteiger partial charge in [0.2, 0.25) is 0 Å². The Morgan fingerprint density at radius 2 is 2.00 bits per heavy atom. The minimum atomic E-state index is -0.464. The molecule has 1 atom stereocenters. The van der Waals surface area contributed by atoms with Crippen LogP contribution in [0.25, 0.3) is 0 Å². The molecule has 0 radical (unpaired) electrons. The summed E-state index contributed by atoms with van der Waals surface area (Å²) < 4.78 is 20.3. The van der Waals surface area contributed by atoms with Crippen LogP contribution >= 0.6 is 12.2 Å². The predicted molar refractivity (Wildman–Crippen MR) is 119 cm³/mol. The molecular formula is C21H24FN5O2S. The highest BCUT2D eigenvalue weighted by Crippen LogP contribution is 2.29. The van der Waals surface area contributed by atoms with Crippen LogP contribution in [0.4, 0.5) is 26.4 Å². The fraction of sp³-hybridized carbons (Fsp3) is 0.381. The van der Waals surface area contributed by atoms with Gasteiger partial charge in [-0.25, -0.2) is 14.2 Å². The summed E-state index contributed by atoms with van der Waals surface area (Å²) in [5.74, 6) is 0.598. The molecule has 1 amide bonds. The number of rotatable bonds is 6. The third-order valence-electron chi connectivity index (χ3n) is 5.38. The summed E-state index contributed by atoms with van der Waals surface area (Å²) in [7, 11) is 1.82. The van der Waals surface area contributed by atoms with Crippen LogP contribution in [0.1, 0.15) is 0 Å². The molecule has 9 heteroatoms. The number of aromatic nitrogens is 1. The number of carbonyl (C=O) groups excluding carboxylic acids is 1. The molecule has 0 saturated carbocycles. The van der Waals surface area contributed by atoms with E-state index in [1.165, 1.54) is 16.5 Å². The van der Waals surface area contributed by atoms with Crippen molar-refractivity contribution < 1.29 is 13.9 Å². The van der Waals surface area contributed by atoms with Crippen molar-refractivity contribution in [2.45, 2.75) is 6.10 Å². The van der Waals surface area contributed by atoms with Gasteiger partial charge in [0.15, 0.2) is 0 Å². The minimum Gasteiger partial charge on any atom is -0.442 e. The molecule has 0 unspecified atom stereocenters. The lowest BCUT2D eigenvalue weighted by molar-refractivity contribution is 0.131. The number of likely N-dealkylation sites (N-methyl/N-ethyl adjacent to an activating group) is 1. The number of thiocarbonyl (C=S) groups is 1. The van der Waals surface area contributed by atoms with Crippen LogP contribution in [0.2, 0.25) is 0 Å². The second-order valence-corrected chi connectivity index (χ2v) is 7.67. The van der Waals surface area contributed by atoms with Gasteiger partial charge in [-0.3, -0.25) is 4.90 Å². The fourth-order valence-electron chi connectivity index (χ4n) is 3.83. The van der Waals surface area contributed by atoms with Crippen LogP contribution in [-0.2, 0) is 4.74 Å². The molecule has 0 aliphatic carbocycles. The summed E-state index contributed by atoms with van der Waals surface area (Å²) in [6.45, 7) is 3.81. The maximum atomic E-state index is 14.9. The Morgan fingerprint density at radius 3 is 2.67 bits per heavy atom. The van der Waals surface area contributed by atoms with Gasteiger partial charge < -0.3 is 19.4 Å². The number of pyridine rings is 1. The molecule has 2 saturated heterocycles. The van der Waals surface area contributed by atoms with Crippen molar-refractivity contribution in [1.29, 1.82) is 0 Å². The Hall–Kier alpha value is -2.94. The van der Waals surface area contributed by atoms with E-state index < -0.39 is 6.09 Å². The fourth-order valence-corrected chi connectivity index (χ4v) is 3.92. The van der Waals surface area contributed by atoms with Crippen LogP contribution < -0.4 is 14.7 Å². The maximum Gasteiger partial charge on any atom is 0.414 e. The van der Waals surface area contributed by atoms with Crippen LogP contribution in [0, 0.1) is 5.82 Å². The van der Waals surface area contributed by atoms with Crippen molar-refractivity contribution in [3.63, 3.8) is 0 Å². The Balaban J connectivity index is 1.40. The van der Waals surface area contributed by atoms with Crippen LogP contribution in [0.5, 0.6) is 0 Å². The molecule has 7 nitrogen and oxygen atoms in total. The SMILES string of the molecule is CN(C=S)C[C@H]1CN(c2ccc(N3CCN(c4ccccn4)CC3)c(F)c2)C(=O)O1. The molecule has 2 aromatic rings. The van der Waals surface area contributed by atoms with Crippen molar-refractivity contribution in [1.82, 2.24) is 9.88 Å². The van der Waals surface area contributed by atoms with Crippen molar-refractivity contribution in [3.8, 4) is 0 Å². The van der Waals surface area contributed by atoms with Crippen molar-refractivity contribution in [2.75, 3.05) is 61.0 Å². The van der Waals surface area contributed by atoms with E-state index in [0.717, 1.165) is 18.9 Å². The lowest BCUT2D eigenvalue weighted by Crippen LogP contribution is -2.47. The maximum absolute atomic E-state index is 14.9. The average molecular weight is 430 g/mol. The Kier molecular flexibility index (Phi) is 5.98. The third kappa shape index (κ3) is 4.30. The topological polar surface area (TPSA) is 52.2 Å². The first-order valence-corrected chi connectivity index (χ1v) is 10.4. The van der Waals surface area contributed by atoms with Crippen LogP contribution in [-0.4, -0.2) is 73.9 Å². The zero-order valence-electron chi connectivity index (χ0n) is 16.8. The van der Waals surface area contributed by atoms with E-state index in [4.69, 9.17) is 17.0 Å². The molecule has 3 heterocycles. The largest absolute Gasteiger partial charge is 0.442 e. The van der Waals surface area contributed by atoms with Crippen molar-refractivity contribution in [3.05, 3.63) is 48.4 Å². The van der Waals surface area contributed by atoms with E-state index in [9.17, 15) is 9.18 Å². The lowest BCUT2D eigenvalue weighted by Gasteiger charge is -2.37. The highest BCUT2D eigenvalue weighted by molar-refractivity contribution is 7.78. The molecule has 4 rings (SSSR count). The number of halogens is 1. The number of hydrogen-bond acceptors (Lipinski definition) is 6. The van der Waals surface area contributed by atoms with E-state index in [0.29, 0.717) is 37.6 Å². The average Bonchev–Trinajstić information content (AvgIpc) is 3.14. The summed E-state index contributed by atoms with van der Waals surface area (Å²) in [6, 6.07) is 10.8. The number of piperazine rings is 1. The summed E-state index contributed by atoms with van der Waals surface area (Å²) in [5, 5.41) is 0. The van der Waals surface area contributed by atoms with E-state index >= 15 is 0 Å². The highest BCUT2D eigenvalue weighted by atomic mass is 32.1. The number of nitrogens with zero attached hydrogens (tertiary/aromatic N) is 5. The summed E-state index contributed by atoms with van der Waals surface area (Å²) in [6.07, 6.45) is 1.01. The summed E-state index contributed by atoms with van der Waals surface area (Å²) >= 11 is 4.88. The standard InChI is InChI=1S/C21H24FN5O2S/c1-24(15-30)13-17-14-27(21(28)29-17)16-5-6-19(18(22)12-16)25-8-10-26(11-9-25)20-4-2-3-7-23-20/h2-7,12,15,17H,8-11,13-14H2,1H3/t17-/m0/s1. The Bertz CT molecular complexity index is 908. The molecule has 1 aromatic heterocycles. The number of ether oxygens (including phenoxy) is 1. The lowest BCUT2D eigenvalue weighted by atomic mass is 10.2. The van der Waals surface area contributed by atoms with E-state index in [2.05, 4.69) is 9.88 Å². The van der Waals surface area contributed by atoms with Crippen LogP contribution in [0.15, 0.2) is 42.6 Å². The van der Waals surface area contributed by atoms with Gasteiger partial charge in [0, 0.05) is 39.4 Å². The quantitative estimate of drug-likeness (QED) is 0.655. The van der Waals surface area contributed by atoms with Crippen molar-refractivity contribution >= 4 is 41.0 Å². The molecule has 2 fully saturated rings. The van der Waals surface area contributed by atoms with Gasteiger partial charge in [0.25, 0.3) is 0 Å². The first-order valence-electron chi connectivity index (χ1n) is 9.89. The predicted octanol–water partition coefficient (Wildman–Crippen LogP) is 2.76. The highest BCUT2D eigenvalue weighted by Gasteiger charge is 2.33. The first-order chi connectivity index (χ1) is 14.5. The second-order valence-electron chi connectivity index (χ2n) is 7.46. The summed E-state index contributed by atoms with van der Waals surface area (Å²) in [4.78, 5) is 24.1. The molecule has 158 valence electrons. The summed E-state index contributed by atoms with van der Waals surface area (Å²) in [5.41, 5.74) is 2.56. The number of amides is 1. The molecule has 0 N–H and O–H groups in total. The monoisotopic (exact) mass is 429 g/mol. The smallest absolute Gasteiger partial charge is 0.414 e. The molecule has 1 aromatic carbocycles. The van der Waals surface area contributed by atoms with Gasteiger partial charge in [0.05, 0.1) is 30.0 Å². The Labute approximate surface area is 180 Å². The van der Waals surface area contributed by atoms with Crippen LogP contribution in [0.3, 0.4) is 0 Å². The van der Waals surface area contributed by atoms with Gasteiger partial charge in [-0.1, -0.05) is 18.3 Å². The number of cyclic esters (lactones) is 1. The molecule has 30 heavy (non-hydrogen) atoms. The normalized spacial score (nSPS) is 19.1. The minimum absolute atomic E-state index is 0.302. The number of carbonyl (C=O) groups is 1. The van der Waals surface area contributed by atoms with E-state index in [-0.39, 0.29) is 11.9 Å². The molecule has 0 spiro atoms. The van der Waals surface area contributed by atoms with Gasteiger partial charge in [0.1, 0.15) is 17.7 Å². The number of hydrogen-bond donors (Lipinski definition) is 0. The molecular weight excluding hydrogens is 405 g/mol. The van der Waals surface area contributed by atoms with Gasteiger partial charge in [-0.15, -0.1) is 0 Å². The van der Waals surface area contributed by atoms with Gasteiger partial charge in [-0.2, -0.15) is 0 Å². The zero-order chi connectivity index (χ0) is 21.1. The van der Waals surface area contributed by atoms with Gasteiger partial charge in [-0.05, 0) is 30.3 Å². The van der Waals surface area contributed by atoms with Crippen molar-refractivity contribution in [2.24, 2.45) is 0 Å². The molecule has 2 aliphatic heterocycles. The molecule has 2 aliphatic rings. The van der Waals surface area contributed by atoms with E-state index in [1.54, 1.807) is 23.2 Å². The number of anilines is 3. The van der Waals surface area contributed by atoms with E-state index in [1.807, 2.05) is 30.1 Å². The first kappa shape index (κ1) is 20.3. The van der Waals surface area contributed by atoms with Gasteiger partial charge >= 0.3 is 6.09 Å². The Morgan fingerprint density at radius 1 is 1.23 bits per heavy atom.